The van der Waals surface area contributed by atoms with Crippen LogP contribution in [0, 0.1) is 46.3 Å². The Morgan fingerprint density at radius 1 is 0.851 bits per heavy atom. The number of fused-ring (bicyclic) bond motifs is 5. The van der Waals surface area contributed by atoms with Crippen LogP contribution in [0.4, 0.5) is 4.79 Å². The first-order chi connectivity index (χ1) is 22.5. The zero-order valence-electron chi connectivity index (χ0n) is 30.7. The first kappa shape index (κ1) is 38.2. The molecule has 4 N–H and O–H groups in total. The molecule has 3 fully saturated rings. The Kier molecular flexibility index (Phi) is 14.5. The number of nitrogens with two attached hydrogens (primary N) is 2. The van der Waals surface area contributed by atoms with Crippen molar-refractivity contribution in [3.63, 3.8) is 0 Å². The van der Waals surface area contributed by atoms with Crippen molar-refractivity contribution >= 4 is 12.1 Å². The van der Waals surface area contributed by atoms with Gasteiger partial charge in [-0.05, 0) is 136 Å². The minimum absolute atomic E-state index is 0.0776. The third-order valence-corrected chi connectivity index (χ3v) is 13.3. The average molecular weight is 659 g/mol. The summed E-state index contributed by atoms with van der Waals surface area (Å²) in [6, 6.07) is -0.563. The van der Waals surface area contributed by atoms with Crippen LogP contribution < -0.4 is 11.5 Å². The molecule has 47 heavy (non-hydrogen) atoms. The monoisotopic (exact) mass is 659 g/mol. The van der Waals surface area contributed by atoms with Gasteiger partial charge in [0.15, 0.2) is 0 Å². The number of unbranched alkanes of at least 4 members (excludes halogenated alkanes) is 4. The molecule has 3 saturated carbocycles. The van der Waals surface area contributed by atoms with E-state index in [4.69, 9.17) is 25.7 Å². The molecule has 7 heteroatoms. The van der Waals surface area contributed by atoms with Crippen LogP contribution in [0.1, 0.15) is 150 Å². The van der Waals surface area contributed by atoms with Crippen LogP contribution in [0.2, 0.25) is 0 Å². The van der Waals surface area contributed by atoms with Crippen molar-refractivity contribution in [3.8, 4) is 0 Å². The third-order valence-electron chi connectivity index (χ3n) is 13.3. The van der Waals surface area contributed by atoms with Gasteiger partial charge < -0.3 is 25.7 Å². The predicted octanol–water partition coefficient (Wildman–Crippen LogP) is 9.11. The third kappa shape index (κ3) is 9.77. The van der Waals surface area contributed by atoms with E-state index in [2.05, 4.69) is 40.7 Å². The van der Waals surface area contributed by atoms with Crippen molar-refractivity contribution in [3.05, 3.63) is 11.6 Å². The van der Waals surface area contributed by atoms with Gasteiger partial charge in [-0.15, -0.1) is 0 Å². The molecule has 0 radical (unpaired) electrons. The van der Waals surface area contributed by atoms with Gasteiger partial charge in [-0.1, -0.05) is 72.0 Å². The van der Waals surface area contributed by atoms with E-state index in [1.165, 1.54) is 51.4 Å². The molecule has 270 valence electrons. The molecule has 0 bridgehead atoms. The van der Waals surface area contributed by atoms with Crippen molar-refractivity contribution < 1.29 is 23.8 Å². The number of ether oxygens (including phenoxy) is 3. The molecule has 7 nitrogen and oxygen atoms in total. The molecule has 4 aliphatic carbocycles. The number of esters is 1. The smallest absolute Gasteiger partial charge is 0.465 e. The molecule has 0 aromatic heterocycles. The molecule has 0 saturated heterocycles. The summed E-state index contributed by atoms with van der Waals surface area (Å²) in [4.78, 5) is 24.5. The van der Waals surface area contributed by atoms with Crippen LogP contribution in [0.15, 0.2) is 11.6 Å². The molecular formula is C40H70N2O5. The molecule has 4 aliphatic rings. The van der Waals surface area contributed by atoms with Gasteiger partial charge in [-0.25, -0.2) is 4.79 Å². The van der Waals surface area contributed by atoms with Gasteiger partial charge in [0.25, 0.3) is 0 Å². The molecule has 0 spiro atoms. The van der Waals surface area contributed by atoms with Crippen LogP contribution in [0.25, 0.3) is 0 Å². The number of hydrogen-bond donors (Lipinski definition) is 2. The maximum absolute atomic E-state index is 12.6. The minimum Gasteiger partial charge on any atom is -0.465 e. The van der Waals surface area contributed by atoms with Gasteiger partial charge in [-0.2, -0.15) is 0 Å². The molecule has 0 aromatic carbocycles. The van der Waals surface area contributed by atoms with Gasteiger partial charge in [0.1, 0.15) is 12.1 Å². The zero-order valence-corrected chi connectivity index (χ0v) is 30.7. The van der Waals surface area contributed by atoms with Crippen LogP contribution in [-0.4, -0.2) is 44.0 Å². The number of hydrogen-bond acceptors (Lipinski definition) is 7. The molecule has 0 unspecified atom stereocenters. The maximum Gasteiger partial charge on any atom is 0.508 e. The van der Waals surface area contributed by atoms with Gasteiger partial charge in [0.2, 0.25) is 0 Å². The number of allylic oxidation sites excluding steroid dienone is 1. The molecule has 4 rings (SSSR count). The summed E-state index contributed by atoms with van der Waals surface area (Å²) in [7, 11) is 0. The van der Waals surface area contributed by atoms with Crippen molar-refractivity contribution in [2.75, 3.05) is 19.8 Å². The van der Waals surface area contributed by atoms with E-state index in [9.17, 15) is 9.59 Å². The van der Waals surface area contributed by atoms with E-state index in [0.717, 1.165) is 93.3 Å². The highest BCUT2D eigenvalue weighted by Gasteiger charge is 2.59. The summed E-state index contributed by atoms with van der Waals surface area (Å²) < 4.78 is 16.6. The molecule has 9 atom stereocenters. The lowest BCUT2D eigenvalue weighted by molar-refractivity contribution is -0.145. The normalized spacial score (nSPS) is 32.9. The maximum atomic E-state index is 12.6. The van der Waals surface area contributed by atoms with Crippen molar-refractivity contribution in [1.29, 1.82) is 0 Å². The van der Waals surface area contributed by atoms with Crippen molar-refractivity contribution in [2.45, 2.75) is 162 Å². The van der Waals surface area contributed by atoms with E-state index in [1.807, 2.05) is 0 Å². The highest BCUT2D eigenvalue weighted by molar-refractivity contribution is 5.75. The highest BCUT2D eigenvalue weighted by Crippen LogP contribution is 2.67. The summed E-state index contributed by atoms with van der Waals surface area (Å²) in [6.45, 7) is 13.8. The first-order valence-electron chi connectivity index (χ1n) is 19.6. The van der Waals surface area contributed by atoms with Crippen LogP contribution in [0.5, 0.6) is 0 Å². The number of carbonyl (C=O) groups excluding carboxylic acids is 2. The zero-order chi connectivity index (χ0) is 34.0. The second-order valence-corrected chi connectivity index (χ2v) is 16.8. The summed E-state index contributed by atoms with van der Waals surface area (Å²) in [6.07, 6.45) is 21.5. The summed E-state index contributed by atoms with van der Waals surface area (Å²) in [5.41, 5.74) is 13.7. The van der Waals surface area contributed by atoms with E-state index in [-0.39, 0.29) is 17.5 Å². The van der Waals surface area contributed by atoms with Gasteiger partial charge in [0, 0.05) is 6.42 Å². The predicted molar refractivity (Wildman–Crippen MR) is 190 cm³/mol. The second kappa shape index (κ2) is 17.9. The lowest BCUT2D eigenvalue weighted by Gasteiger charge is -2.58. The Hall–Kier alpha value is -1.60. The summed E-state index contributed by atoms with van der Waals surface area (Å²) in [5, 5.41) is 0. The fourth-order valence-corrected chi connectivity index (χ4v) is 10.5. The molecule has 0 aliphatic heterocycles. The number of rotatable bonds is 18. The van der Waals surface area contributed by atoms with Crippen LogP contribution >= 0.6 is 0 Å². The topological polar surface area (TPSA) is 114 Å². The largest absolute Gasteiger partial charge is 0.508 e. The van der Waals surface area contributed by atoms with Crippen LogP contribution in [-0.2, 0) is 19.0 Å². The highest BCUT2D eigenvalue weighted by atomic mass is 16.7. The fraction of sp³-hybridized carbons (Fsp3) is 0.900. The van der Waals surface area contributed by atoms with Gasteiger partial charge in [0.05, 0.1) is 13.2 Å². The Labute approximate surface area is 287 Å². The van der Waals surface area contributed by atoms with E-state index in [1.54, 1.807) is 5.57 Å². The second-order valence-electron chi connectivity index (χ2n) is 16.8. The SMILES string of the molecule is CC(C)CCC[C@@H](C)[C@H]1CC[C@H]2[C@@H]3CC=C4C[C@@H](OC(=O)OCCCCCCOC(=O)[C@@H](N)CCCCN)CC[C@]4(C)[C@H]3CC[C@]12C. The quantitative estimate of drug-likeness (QED) is 0.0858. The average Bonchev–Trinajstić information content (AvgIpc) is 3.39. The van der Waals surface area contributed by atoms with E-state index in [0.29, 0.717) is 31.6 Å². The Morgan fingerprint density at radius 3 is 2.32 bits per heavy atom. The molecule has 0 amide bonds. The lowest BCUT2D eigenvalue weighted by atomic mass is 9.47. The lowest BCUT2D eigenvalue weighted by Crippen LogP contribution is -2.51. The first-order valence-corrected chi connectivity index (χ1v) is 19.6. The number of carbonyl (C=O) groups is 2. The van der Waals surface area contributed by atoms with Crippen molar-refractivity contribution in [2.24, 2.45) is 57.8 Å². The van der Waals surface area contributed by atoms with Gasteiger partial charge in [-0.3, -0.25) is 4.79 Å². The fourth-order valence-electron chi connectivity index (χ4n) is 10.5. The summed E-state index contributed by atoms with van der Waals surface area (Å²) in [5.74, 6) is 4.66. The molecular weight excluding hydrogens is 588 g/mol. The standard InChI is InChI=1S/C40H70N2O5/c1-28(2)13-12-14-29(3)33-18-19-34-32-17-16-30-27-31(20-22-39(30,4)35(32)21-23-40(33,34)5)47-38(44)46-26-11-7-6-10-25-45-37(43)36(42)15-8-9-24-41/h16,28-29,31-36H,6-15,17-27,41-42H2,1-5H3/t29-,31+,32+,33-,34+,35+,36+,39+,40-/m1/s1. The van der Waals surface area contributed by atoms with Crippen molar-refractivity contribution in [1.82, 2.24) is 0 Å². The van der Waals surface area contributed by atoms with Gasteiger partial charge >= 0.3 is 12.1 Å². The Balaban J connectivity index is 1.14. The van der Waals surface area contributed by atoms with Crippen LogP contribution in [0.3, 0.4) is 0 Å². The molecule has 0 aromatic rings. The molecule has 0 heterocycles. The Bertz CT molecular complexity index is 1030. The Morgan fingerprint density at radius 2 is 1.60 bits per heavy atom. The van der Waals surface area contributed by atoms with E-state index >= 15 is 0 Å². The minimum atomic E-state index is -0.563. The summed E-state index contributed by atoms with van der Waals surface area (Å²) >= 11 is 0. The van der Waals surface area contributed by atoms with E-state index < -0.39 is 12.2 Å².